The molecule has 0 unspecified atom stereocenters. The molecule has 0 aromatic heterocycles. The summed E-state index contributed by atoms with van der Waals surface area (Å²) in [6, 6.07) is 5.18. The summed E-state index contributed by atoms with van der Waals surface area (Å²) in [5.41, 5.74) is 6.90. The van der Waals surface area contributed by atoms with E-state index in [2.05, 4.69) is 0 Å². The van der Waals surface area contributed by atoms with E-state index in [1.807, 2.05) is 32.0 Å². The molecular weight excluding hydrogens is 254 g/mol. The maximum absolute atomic E-state index is 9.96. The Morgan fingerprint density at radius 2 is 1.78 bits per heavy atom. The Balaban J connectivity index is 0.00000162. The molecule has 0 bridgehead atoms. The molecule has 1 aliphatic heterocycles. The predicted octanol–water partition coefficient (Wildman–Crippen LogP) is 1.90. The Labute approximate surface area is 113 Å². The van der Waals surface area contributed by atoms with Crippen molar-refractivity contribution in [2.45, 2.75) is 26.0 Å². The number of hydrogen-bond acceptors (Lipinski definition) is 4. The molecule has 0 radical (unpaired) electrons. The minimum absolute atomic E-state index is 0. The fourth-order valence-corrected chi connectivity index (χ4v) is 1.88. The average Bonchev–Trinajstić information content (AvgIpc) is 2.36. The van der Waals surface area contributed by atoms with E-state index in [1.54, 1.807) is 0 Å². The van der Waals surface area contributed by atoms with Gasteiger partial charge in [0.2, 0.25) is 0 Å². The number of benzene rings is 1. The van der Waals surface area contributed by atoms with Crippen LogP contribution in [-0.4, -0.2) is 24.4 Å². The number of nitrogens with two attached hydrogens (primary N) is 1. The molecule has 3 N–H and O–H groups in total. The summed E-state index contributed by atoms with van der Waals surface area (Å²) in [5.74, 6) is 1.57. The van der Waals surface area contributed by atoms with Crippen LogP contribution in [0.2, 0.25) is 0 Å². The van der Waals surface area contributed by atoms with Gasteiger partial charge < -0.3 is 20.3 Å². The summed E-state index contributed by atoms with van der Waals surface area (Å²) in [5, 5.41) is 9.96. The molecule has 0 saturated heterocycles. The molecule has 1 aromatic rings. The van der Waals surface area contributed by atoms with Gasteiger partial charge in [0.25, 0.3) is 0 Å². The second kappa shape index (κ2) is 6.27. The van der Waals surface area contributed by atoms with Crippen molar-refractivity contribution in [2.24, 2.45) is 11.7 Å². The number of fused-ring (bicyclic) bond motifs is 1. The minimum atomic E-state index is -0.558. The Hall–Kier alpha value is -0.970. The quantitative estimate of drug-likeness (QED) is 0.883. The highest BCUT2D eigenvalue weighted by atomic mass is 35.5. The largest absolute Gasteiger partial charge is 0.486 e. The van der Waals surface area contributed by atoms with Crippen LogP contribution in [0.4, 0.5) is 0 Å². The fourth-order valence-electron chi connectivity index (χ4n) is 1.88. The summed E-state index contributed by atoms with van der Waals surface area (Å²) < 4.78 is 10.9. The molecular formula is C13H20ClNO3. The molecule has 4 nitrogen and oxygen atoms in total. The number of ether oxygens (including phenoxy) is 2. The van der Waals surface area contributed by atoms with Crippen LogP contribution in [-0.2, 0) is 0 Å². The van der Waals surface area contributed by atoms with Crippen molar-refractivity contribution in [1.29, 1.82) is 0 Å². The van der Waals surface area contributed by atoms with Crippen LogP contribution >= 0.6 is 12.4 Å². The first kappa shape index (κ1) is 15.1. The lowest BCUT2D eigenvalue weighted by Gasteiger charge is -2.24. The molecule has 0 spiro atoms. The van der Waals surface area contributed by atoms with Gasteiger partial charge in [-0.05, 0) is 23.6 Å². The summed E-state index contributed by atoms with van der Waals surface area (Å²) >= 11 is 0. The van der Waals surface area contributed by atoms with Crippen molar-refractivity contribution in [1.82, 2.24) is 0 Å². The van der Waals surface area contributed by atoms with Gasteiger partial charge in [0.1, 0.15) is 13.2 Å². The first-order valence-corrected chi connectivity index (χ1v) is 5.93. The van der Waals surface area contributed by atoms with Gasteiger partial charge in [-0.15, -0.1) is 12.4 Å². The van der Waals surface area contributed by atoms with Crippen molar-refractivity contribution < 1.29 is 14.6 Å². The second-order valence-corrected chi connectivity index (χ2v) is 4.66. The van der Waals surface area contributed by atoms with E-state index < -0.39 is 12.1 Å². The summed E-state index contributed by atoms with van der Waals surface area (Å²) in [6.07, 6.45) is -0.558. The van der Waals surface area contributed by atoms with Crippen molar-refractivity contribution >= 4 is 12.4 Å². The van der Waals surface area contributed by atoms with Crippen molar-refractivity contribution in [3.63, 3.8) is 0 Å². The van der Waals surface area contributed by atoms with Crippen LogP contribution in [0.25, 0.3) is 0 Å². The number of hydrogen-bond donors (Lipinski definition) is 2. The van der Waals surface area contributed by atoms with E-state index in [0.29, 0.717) is 19.0 Å². The lowest BCUT2D eigenvalue weighted by molar-refractivity contribution is 0.0976. The Morgan fingerprint density at radius 3 is 2.39 bits per heavy atom. The summed E-state index contributed by atoms with van der Waals surface area (Å²) in [4.78, 5) is 0. The first-order valence-electron chi connectivity index (χ1n) is 5.93. The van der Waals surface area contributed by atoms with Crippen molar-refractivity contribution in [3.8, 4) is 11.5 Å². The summed E-state index contributed by atoms with van der Waals surface area (Å²) in [6.45, 7) is 5.02. The van der Waals surface area contributed by atoms with Gasteiger partial charge in [0, 0.05) is 0 Å². The highest BCUT2D eigenvalue weighted by molar-refractivity contribution is 5.85. The van der Waals surface area contributed by atoms with Gasteiger partial charge in [0.05, 0.1) is 12.1 Å². The SMILES string of the molecule is CC(C)[C@@H](O)[C@@H](N)c1ccc2c(c1)OCCO2.Cl. The van der Waals surface area contributed by atoms with Gasteiger partial charge in [-0.25, -0.2) is 0 Å². The smallest absolute Gasteiger partial charge is 0.161 e. The topological polar surface area (TPSA) is 64.7 Å². The van der Waals surface area contributed by atoms with Crippen LogP contribution in [0, 0.1) is 5.92 Å². The van der Waals surface area contributed by atoms with Crippen LogP contribution in [0.15, 0.2) is 18.2 Å². The number of rotatable bonds is 3. The maximum atomic E-state index is 9.96. The molecule has 18 heavy (non-hydrogen) atoms. The molecule has 0 amide bonds. The van der Waals surface area contributed by atoms with E-state index in [1.165, 1.54) is 0 Å². The van der Waals surface area contributed by atoms with Crippen molar-refractivity contribution in [3.05, 3.63) is 23.8 Å². The Kier molecular flexibility index (Phi) is 5.26. The third-order valence-corrected chi connectivity index (χ3v) is 3.00. The Morgan fingerprint density at radius 1 is 1.17 bits per heavy atom. The Bertz CT molecular complexity index is 398. The fraction of sp³-hybridized carbons (Fsp3) is 0.538. The lowest BCUT2D eigenvalue weighted by Crippen LogP contribution is -2.30. The molecule has 2 rings (SSSR count). The van der Waals surface area contributed by atoms with E-state index in [0.717, 1.165) is 11.3 Å². The second-order valence-electron chi connectivity index (χ2n) is 4.66. The third kappa shape index (κ3) is 3.07. The van der Waals surface area contributed by atoms with E-state index in [4.69, 9.17) is 15.2 Å². The zero-order chi connectivity index (χ0) is 12.4. The minimum Gasteiger partial charge on any atom is -0.486 e. The number of aliphatic hydroxyl groups is 1. The molecule has 0 saturated carbocycles. The number of halogens is 1. The van der Waals surface area contributed by atoms with Crippen LogP contribution in [0.5, 0.6) is 11.5 Å². The first-order chi connectivity index (χ1) is 8.09. The average molecular weight is 274 g/mol. The normalized spacial score (nSPS) is 16.9. The standard InChI is InChI=1S/C13H19NO3.ClH/c1-8(2)13(15)12(14)9-3-4-10-11(7-9)17-6-5-16-10;/h3-4,7-8,12-13,15H,5-6,14H2,1-2H3;1H/t12-,13+;/m0./s1. The predicted molar refractivity (Wildman–Crippen MR) is 72.5 cm³/mol. The van der Waals surface area contributed by atoms with Gasteiger partial charge in [0.15, 0.2) is 11.5 Å². The molecule has 0 fully saturated rings. The maximum Gasteiger partial charge on any atom is 0.161 e. The van der Waals surface area contributed by atoms with Crippen LogP contribution in [0.3, 0.4) is 0 Å². The van der Waals surface area contributed by atoms with Crippen LogP contribution in [0.1, 0.15) is 25.5 Å². The molecule has 1 aromatic carbocycles. The molecule has 5 heteroatoms. The third-order valence-electron chi connectivity index (χ3n) is 3.00. The van der Waals surface area contributed by atoms with Gasteiger partial charge in [-0.2, -0.15) is 0 Å². The zero-order valence-electron chi connectivity index (χ0n) is 10.6. The molecule has 2 atom stereocenters. The number of aliphatic hydroxyl groups excluding tert-OH is 1. The lowest BCUT2D eigenvalue weighted by atomic mass is 9.94. The monoisotopic (exact) mass is 273 g/mol. The van der Waals surface area contributed by atoms with Crippen LogP contribution < -0.4 is 15.2 Å². The van der Waals surface area contributed by atoms with Gasteiger partial charge in [-0.3, -0.25) is 0 Å². The molecule has 0 aliphatic carbocycles. The van der Waals surface area contributed by atoms with Crippen molar-refractivity contribution in [2.75, 3.05) is 13.2 Å². The molecule has 102 valence electrons. The van der Waals surface area contributed by atoms with E-state index in [9.17, 15) is 5.11 Å². The van der Waals surface area contributed by atoms with E-state index in [-0.39, 0.29) is 18.3 Å². The highest BCUT2D eigenvalue weighted by Crippen LogP contribution is 2.33. The van der Waals surface area contributed by atoms with Gasteiger partial charge >= 0.3 is 0 Å². The molecule has 1 heterocycles. The molecule has 1 aliphatic rings. The highest BCUT2D eigenvalue weighted by Gasteiger charge is 2.22. The zero-order valence-corrected chi connectivity index (χ0v) is 11.4. The van der Waals surface area contributed by atoms with Gasteiger partial charge in [-0.1, -0.05) is 19.9 Å². The summed E-state index contributed by atoms with van der Waals surface area (Å²) in [7, 11) is 0. The van der Waals surface area contributed by atoms with E-state index >= 15 is 0 Å².